The van der Waals surface area contributed by atoms with E-state index >= 15 is 0 Å². The second-order valence-electron chi connectivity index (χ2n) is 2.96. The molecule has 0 bridgehead atoms. The van der Waals surface area contributed by atoms with Crippen LogP contribution in [0.1, 0.15) is 11.6 Å². The molecule has 1 heterocycles. The first-order valence-corrected chi connectivity index (χ1v) is 5.13. The van der Waals surface area contributed by atoms with E-state index in [1.807, 2.05) is 0 Å². The van der Waals surface area contributed by atoms with Crippen LogP contribution in [0.25, 0.3) is 0 Å². The van der Waals surface area contributed by atoms with Gasteiger partial charge in [-0.3, -0.25) is 0 Å². The molecule has 1 atom stereocenters. The first-order chi connectivity index (χ1) is 6.66. The molecule has 1 aromatic carbocycles. The van der Waals surface area contributed by atoms with Gasteiger partial charge in [0.25, 0.3) is 0 Å². The number of carbonyl (C=O) groups excluding carboxylic acids is 1. The Morgan fingerprint density at radius 3 is 3.00 bits per heavy atom. The molecule has 1 N–H and O–H groups in total. The molecular weight excluding hydrogens is 300 g/mol. The molecule has 1 aliphatic heterocycles. The fourth-order valence-electron chi connectivity index (χ4n) is 1.33. The van der Waals surface area contributed by atoms with Gasteiger partial charge in [-0.25, -0.2) is 9.18 Å². The van der Waals surface area contributed by atoms with Crippen LogP contribution in [0.15, 0.2) is 18.2 Å². The van der Waals surface area contributed by atoms with Gasteiger partial charge in [-0.1, -0.05) is 0 Å². The molecule has 5 heteroatoms. The summed E-state index contributed by atoms with van der Waals surface area (Å²) >= 11 is 2.09. The molecule has 74 valence electrons. The van der Waals surface area contributed by atoms with E-state index in [1.54, 1.807) is 12.1 Å². The van der Waals surface area contributed by atoms with Crippen LogP contribution in [0.3, 0.4) is 0 Å². The number of carbonyl (C=O) groups is 1. The fourth-order valence-corrected chi connectivity index (χ4v) is 1.85. The van der Waals surface area contributed by atoms with Crippen molar-refractivity contribution in [2.24, 2.45) is 0 Å². The molecule has 1 aromatic rings. The highest BCUT2D eigenvalue weighted by atomic mass is 127. The summed E-state index contributed by atoms with van der Waals surface area (Å²) in [6.45, 7) is 0.190. The average Bonchev–Trinajstić information content (AvgIpc) is 2.56. The first kappa shape index (κ1) is 9.70. The van der Waals surface area contributed by atoms with Gasteiger partial charge < -0.3 is 10.1 Å². The van der Waals surface area contributed by atoms with Gasteiger partial charge in [0.15, 0.2) is 0 Å². The van der Waals surface area contributed by atoms with Crippen LogP contribution in [-0.2, 0) is 4.74 Å². The number of rotatable bonds is 1. The molecule has 14 heavy (non-hydrogen) atoms. The third-order valence-corrected chi connectivity index (χ3v) is 2.68. The Morgan fingerprint density at radius 2 is 2.36 bits per heavy atom. The maximum atomic E-state index is 13.3. The normalized spacial score (nSPS) is 20.4. The van der Waals surface area contributed by atoms with Crippen LogP contribution in [0.2, 0.25) is 0 Å². The predicted molar refractivity (Wildman–Crippen MR) is 56.3 cm³/mol. The van der Waals surface area contributed by atoms with Crippen molar-refractivity contribution in [2.45, 2.75) is 6.04 Å². The lowest BCUT2D eigenvalue weighted by Gasteiger charge is -2.08. The van der Waals surface area contributed by atoms with Gasteiger partial charge in [0, 0.05) is 9.13 Å². The third-order valence-electron chi connectivity index (χ3n) is 2.01. The molecule has 0 radical (unpaired) electrons. The second kappa shape index (κ2) is 3.72. The van der Waals surface area contributed by atoms with E-state index in [0.717, 1.165) is 3.57 Å². The Kier molecular flexibility index (Phi) is 2.58. The summed E-state index contributed by atoms with van der Waals surface area (Å²) in [4.78, 5) is 10.8. The molecule has 0 spiro atoms. The smallest absolute Gasteiger partial charge is 0.407 e. The van der Waals surface area contributed by atoms with Gasteiger partial charge in [-0.2, -0.15) is 0 Å². The molecule has 1 amide bonds. The summed E-state index contributed by atoms with van der Waals surface area (Å²) in [7, 11) is 0. The Balaban J connectivity index is 2.31. The number of nitrogens with one attached hydrogen (secondary N) is 1. The van der Waals surface area contributed by atoms with Crippen molar-refractivity contribution in [3.05, 3.63) is 33.1 Å². The maximum Gasteiger partial charge on any atom is 0.407 e. The van der Waals surface area contributed by atoms with E-state index in [1.165, 1.54) is 6.07 Å². The molecule has 2 rings (SSSR count). The highest BCUT2D eigenvalue weighted by Gasteiger charge is 2.26. The Labute approximate surface area is 93.8 Å². The molecule has 1 fully saturated rings. The number of ether oxygens (including phenoxy) is 1. The van der Waals surface area contributed by atoms with Crippen LogP contribution in [0.5, 0.6) is 0 Å². The van der Waals surface area contributed by atoms with Gasteiger partial charge >= 0.3 is 6.09 Å². The first-order valence-electron chi connectivity index (χ1n) is 4.05. The number of alkyl carbamates (subject to hydrolysis) is 1. The van der Waals surface area contributed by atoms with Crippen LogP contribution in [0, 0.1) is 9.39 Å². The number of halogens is 2. The topological polar surface area (TPSA) is 38.3 Å². The maximum absolute atomic E-state index is 13.3. The lowest BCUT2D eigenvalue weighted by Crippen LogP contribution is -2.19. The Morgan fingerprint density at radius 1 is 1.57 bits per heavy atom. The van der Waals surface area contributed by atoms with E-state index in [9.17, 15) is 9.18 Å². The molecule has 0 aliphatic carbocycles. The van der Waals surface area contributed by atoms with Crippen LogP contribution in [-0.4, -0.2) is 12.7 Å². The molecule has 1 saturated heterocycles. The predicted octanol–water partition coefficient (Wildman–Crippen LogP) is 2.21. The molecule has 0 saturated carbocycles. The summed E-state index contributed by atoms with van der Waals surface area (Å²) in [5.74, 6) is -0.318. The lowest BCUT2D eigenvalue weighted by atomic mass is 10.1. The minimum atomic E-state index is -0.492. The molecule has 1 aliphatic rings. The highest BCUT2D eigenvalue weighted by molar-refractivity contribution is 14.1. The second-order valence-corrected chi connectivity index (χ2v) is 4.21. The molecule has 0 unspecified atom stereocenters. The van der Waals surface area contributed by atoms with Crippen LogP contribution < -0.4 is 5.32 Å². The SMILES string of the molecule is O=C1N[C@H](c2cc(I)ccc2F)CO1. The van der Waals surface area contributed by atoms with Crippen molar-refractivity contribution in [1.82, 2.24) is 5.32 Å². The van der Waals surface area contributed by atoms with E-state index < -0.39 is 6.09 Å². The van der Waals surface area contributed by atoms with Gasteiger partial charge in [-0.15, -0.1) is 0 Å². The Bertz CT molecular complexity index is 383. The van der Waals surface area contributed by atoms with Crippen molar-refractivity contribution in [1.29, 1.82) is 0 Å². The zero-order valence-corrected chi connectivity index (χ0v) is 9.25. The summed E-state index contributed by atoms with van der Waals surface area (Å²) in [5.41, 5.74) is 0.475. The van der Waals surface area contributed by atoms with Crippen LogP contribution in [0.4, 0.5) is 9.18 Å². The van der Waals surface area contributed by atoms with E-state index in [2.05, 4.69) is 27.9 Å². The van der Waals surface area contributed by atoms with Crippen molar-refractivity contribution in [3.8, 4) is 0 Å². The molecular formula is C9H7FINO2. The summed E-state index contributed by atoms with van der Waals surface area (Å²) < 4.78 is 19.0. The van der Waals surface area contributed by atoms with Gasteiger partial charge in [0.1, 0.15) is 12.4 Å². The van der Waals surface area contributed by atoms with Crippen molar-refractivity contribution in [2.75, 3.05) is 6.61 Å². The Hall–Kier alpha value is -0.850. The largest absolute Gasteiger partial charge is 0.447 e. The zero-order valence-electron chi connectivity index (χ0n) is 7.09. The summed E-state index contributed by atoms with van der Waals surface area (Å²) in [6.07, 6.45) is -0.492. The van der Waals surface area contributed by atoms with Crippen LogP contribution >= 0.6 is 22.6 Å². The van der Waals surface area contributed by atoms with Gasteiger partial charge in [0.05, 0.1) is 6.04 Å². The van der Waals surface area contributed by atoms with Gasteiger partial charge in [0.2, 0.25) is 0 Å². The molecule has 0 aromatic heterocycles. The monoisotopic (exact) mass is 307 g/mol. The minimum Gasteiger partial charge on any atom is -0.447 e. The number of hydrogen-bond acceptors (Lipinski definition) is 2. The molecule has 3 nitrogen and oxygen atoms in total. The fraction of sp³-hybridized carbons (Fsp3) is 0.222. The van der Waals surface area contributed by atoms with Crippen molar-refractivity contribution < 1.29 is 13.9 Å². The van der Waals surface area contributed by atoms with E-state index in [4.69, 9.17) is 4.74 Å². The number of amides is 1. The number of cyclic esters (lactones) is 1. The van der Waals surface area contributed by atoms with Crippen molar-refractivity contribution in [3.63, 3.8) is 0 Å². The average molecular weight is 307 g/mol. The summed E-state index contributed by atoms with van der Waals surface area (Å²) in [6, 6.07) is 4.41. The van der Waals surface area contributed by atoms with Gasteiger partial charge in [-0.05, 0) is 40.8 Å². The minimum absolute atomic E-state index is 0.190. The highest BCUT2D eigenvalue weighted by Crippen LogP contribution is 2.22. The number of hydrogen-bond donors (Lipinski definition) is 1. The third kappa shape index (κ3) is 1.82. The number of benzene rings is 1. The zero-order chi connectivity index (χ0) is 10.1. The summed E-state index contributed by atoms with van der Waals surface area (Å²) in [5, 5.41) is 2.53. The lowest BCUT2D eigenvalue weighted by molar-refractivity contribution is 0.177. The standard InChI is InChI=1S/C9H7FINO2/c10-7-2-1-5(11)3-6(7)8-4-14-9(13)12-8/h1-3,8H,4H2,(H,12,13)/t8-/m0/s1. The van der Waals surface area contributed by atoms with E-state index in [0.29, 0.717) is 5.56 Å². The van der Waals surface area contributed by atoms with Crippen molar-refractivity contribution >= 4 is 28.7 Å². The van der Waals surface area contributed by atoms with E-state index in [-0.39, 0.29) is 18.5 Å². The quantitative estimate of drug-likeness (QED) is 0.808.